The highest BCUT2D eigenvalue weighted by atomic mass is 16.6. The number of nitrogens with zero attached hydrogens (tertiary/aromatic N) is 6. The van der Waals surface area contributed by atoms with Crippen LogP contribution in [0.3, 0.4) is 0 Å². The van der Waals surface area contributed by atoms with E-state index in [0.717, 1.165) is 61.9 Å². The molecule has 1 aliphatic carbocycles. The fourth-order valence-electron chi connectivity index (χ4n) is 6.93. The predicted octanol–water partition coefficient (Wildman–Crippen LogP) is 3.89. The molecule has 46 heavy (non-hydrogen) atoms. The maximum atomic E-state index is 11.1. The lowest BCUT2D eigenvalue weighted by Crippen LogP contribution is -2.52. The Bertz CT molecular complexity index is 1610. The normalized spacial score (nSPS) is 25.3. The molecule has 1 aromatic carbocycles. The van der Waals surface area contributed by atoms with E-state index < -0.39 is 24.5 Å². The number of hydrogen-bond acceptors (Lipinski definition) is 10. The molecule has 2 fully saturated rings. The third-order valence-electron chi connectivity index (χ3n) is 9.81. The van der Waals surface area contributed by atoms with Crippen LogP contribution in [0.15, 0.2) is 30.9 Å². The monoisotopic (exact) mass is 633 g/mol. The van der Waals surface area contributed by atoms with E-state index in [2.05, 4.69) is 83.0 Å². The second kappa shape index (κ2) is 13.5. The van der Waals surface area contributed by atoms with Crippen LogP contribution in [0.2, 0.25) is 0 Å². The molecule has 4 atom stereocenters. The fraction of sp³-hybridized carbons (Fsp3) is 0.647. The van der Waals surface area contributed by atoms with Gasteiger partial charge in [0.15, 0.2) is 23.2 Å². The number of unbranched alkanes of at least 4 members (excludes halogenated alkanes) is 1. The molecule has 1 aliphatic heterocycles. The Hall–Kier alpha value is -3.16. The van der Waals surface area contributed by atoms with Gasteiger partial charge in [-0.05, 0) is 81.5 Å². The van der Waals surface area contributed by atoms with Crippen LogP contribution in [0.1, 0.15) is 84.3 Å². The van der Waals surface area contributed by atoms with Crippen molar-refractivity contribution in [3.63, 3.8) is 0 Å². The van der Waals surface area contributed by atoms with Crippen molar-refractivity contribution < 1.29 is 14.9 Å². The third-order valence-corrected chi connectivity index (χ3v) is 9.81. The summed E-state index contributed by atoms with van der Waals surface area (Å²) in [6.45, 7) is 13.0. The second-order valence-corrected chi connectivity index (χ2v) is 14.5. The Balaban J connectivity index is 1.05. The first-order valence-electron chi connectivity index (χ1n) is 16.9. The van der Waals surface area contributed by atoms with E-state index in [1.165, 1.54) is 11.9 Å². The summed E-state index contributed by atoms with van der Waals surface area (Å²) in [5, 5.41) is 25.5. The van der Waals surface area contributed by atoms with Crippen LogP contribution in [0.5, 0.6) is 0 Å². The molecule has 0 bridgehead atoms. The summed E-state index contributed by atoms with van der Waals surface area (Å²) in [7, 11) is 0. The number of nitrogens with two attached hydrogens (primary N) is 1. The van der Waals surface area contributed by atoms with E-state index in [4.69, 9.17) is 15.5 Å². The molecule has 1 saturated carbocycles. The lowest BCUT2D eigenvalue weighted by Gasteiger charge is -2.46. The molecule has 2 aliphatic rings. The largest absolute Gasteiger partial charge is 0.387 e. The summed E-state index contributed by atoms with van der Waals surface area (Å²) in [6.07, 6.45) is 5.70. The minimum atomic E-state index is -1.11. The molecule has 0 radical (unpaired) electrons. The quantitative estimate of drug-likeness (QED) is 0.137. The first-order chi connectivity index (χ1) is 22.0. The van der Waals surface area contributed by atoms with Crippen molar-refractivity contribution in [1.29, 1.82) is 0 Å². The zero-order valence-electron chi connectivity index (χ0n) is 27.9. The number of ether oxygens (including phenoxy) is 1. The smallest absolute Gasteiger partial charge is 0.167 e. The number of H-pyrrole nitrogens is 1. The molecule has 0 spiro atoms. The Morgan fingerprint density at radius 2 is 1.93 bits per heavy atom. The number of nitrogens with one attached hydrogen (secondary N) is 2. The summed E-state index contributed by atoms with van der Waals surface area (Å²) < 4.78 is 8.06. The van der Waals surface area contributed by atoms with Gasteiger partial charge in [0.2, 0.25) is 0 Å². The Morgan fingerprint density at radius 1 is 1.13 bits per heavy atom. The first-order valence-corrected chi connectivity index (χ1v) is 16.9. The summed E-state index contributed by atoms with van der Waals surface area (Å²) in [5.74, 6) is 2.32. The number of hydrogen-bond donors (Lipinski definition) is 5. The molecule has 12 nitrogen and oxygen atoms in total. The van der Waals surface area contributed by atoms with Gasteiger partial charge in [0.1, 0.15) is 30.5 Å². The number of imidazole rings is 2. The lowest BCUT2D eigenvalue weighted by molar-refractivity contribution is -0.0620. The average Bonchev–Trinajstić information content (AvgIpc) is 3.69. The molecule has 6 rings (SSSR count). The molecule has 6 N–H and O–H groups in total. The van der Waals surface area contributed by atoms with Crippen molar-refractivity contribution >= 4 is 28.0 Å². The minimum Gasteiger partial charge on any atom is -0.387 e. The molecule has 12 heteroatoms. The number of anilines is 1. The molecular formula is C34H51N9O3. The molecule has 4 aromatic rings. The third kappa shape index (κ3) is 6.77. The zero-order valence-corrected chi connectivity index (χ0v) is 27.9. The van der Waals surface area contributed by atoms with Crippen LogP contribution >= 0.6 is 0 Å². The van der Waals surface area contributed by atoms with Gasteiger partial charge in [-0.1, -0.05) is 26.8 Å². The molecular weight excluding hydrogens is 582 g/mol. The van der Waals surface area contributed by atoms with Gasteiger partial charge in [-0.3, -0.25) is 9.47 Å². The van der Waals surface area contributed by atoms with E-state index >= 15 is 0 Å². The number of aromatic nitrogens is 6. The van der Waals surface area contributed by atoms with Crippen LogP contribution in [0.25, 0.3) is 22.2 Å². The molecule has 0 amide bonds. The highest BCUT2D eigenvalue weighted by Crippen LogP contribution is 2.38. The van der Waals surface area contributed by atoms with Crippen molar-refractivity contribution in [1.82, 2.24) is 34.4 Å². The van der Waals surface area contributed by atoms with E-state index in [9.17, 15) is 10.2 Å². The lowest BCUT2D eigenvalue weighted by atomic mass is 9.76. The number of rotatable bonds is 13. The van der Waals surface area contributed by atoms with Crippen LogP contribution in [-0.4, -0.2) is 94.6 Å². The molecule has 3 aromatic heterocycles. The van der Waals surface area contributed by atoms with E-state index in [1.54, 1.807) is 10.9 Å². The Labute approximate surface area is 271 Å². The van der Waals surface area contributed by atoms with Crippen molar-refractivity contribution in [2.24, 2.45) is 11.7 Å². The second-order valence-electron chi connectivity index (χ2n) is 14.5. The SMILES string of the molecule is CC(C)N(C[C@H]1O[C@@H](n2cnc3c(NCCCCN)ncnc32)[C@H](O)[C@@H]1O)C1CC(CCc2nc3cc(C(C)(C)C)ccc3[nH]2)C1. The highest BCUT2D eigenvalue weighted by molar-refractivity contribution is 5.82. The van der Waals surface area contributed by atoms with Crippen LogP contribution in [0, 0.1) is 5.92 Å². The van der Waals surface area contributed by atoms with Crippen LogP contribution in [0.4, 0.5) is 5.82 Å². The van der Waals surface area contributed by atoms with Gasteiger partial charge in [-0.15, -0.1) is 0 Å². The zero-order chi connectivity index (χ0) is 32.6. The fourth-order valence-corrected chi connectivity index (χ4v) is 6.93. The van der Waals surface area contributed by atoms with Crippen molar-refractivity contribution in [2.75, 3.05) is 25.0 Å². The number of aromatic amines is 1. The van der Waals surface area contributed by atoms with E-state index in [1.807, 2.05) is 0 Å². The number of aryl methyl sites for hydroxylation is 1. The Kier molecular flexibility index (Phi) is 9.63. The van der Waals surface area contributed by atoms with Gasteiger partial charge in [0.25, 0.3) is 0 Å². The van der Waals surface area contributed by atoms with Gasteiger partial charge in [0, 0.05) is 31.6 Å². The molecule has 0 unspecified atom stereocenters. The van der Waals surface area contributed by atoms with Gasteiger partial charge < -0.3 is 31.0 Å². The minimum absolute atomic E-state index is 0.101. The van der Waals surface area contributed by atoms with Crippen molar-refractivity contribution in [3.8, 4) is 0 Å². The topological polar surface area (TPSA) is 163 Å². The summed E-state index contributed by atoms with van der Waals surface area (Å²) in [6, 6.07) is 7.24. The highest BCUT2D eigenvalue weighted by Gasteiger charge is 2.46. The predicted molar refractivity (Wildman–Crippen MR) is 179 cm³/mol. The summed E-state index contributed by atoms with van der Waals surface area (Å²) in [5.41, 5.74) is 10.3. The van der Waals surface area contributed by atoms with Crippen LogP contribution < -0.4 is 11.1 Å². The van der Waals surface area contributed by atoms with Crippen molar-refractivity contribution in [3.05, 3.63) is 42.2 Å². The number of aliphatic hydroxyl groups excluding tert-OH is 2. The summed E-state index contributed by atoms with van der Waals surface area (Å²) in [4.78, 5) is 24.1. The standard InChI is InChI=1S/C34H51N9O3/c1-20(2)42(23-14-21(15-23)8-11-27-40-24-10-9-22(34(3,4)5)16-25(24)41-27)17-26-29(44)30(45)33(46-26)43-19-39-28-31(36-13-7-6-12-35)37-18-38-32(28)43/h9-10,16,18-21,23,26,29-30,33,44-45H,6-8,11-15,17,35H2,1-5H3,(H,40,41)(H,36,37,38)/t21?,23?,26-,29-,30-,33-/m1/s1. The van der Waals surface area contributed by atoms with Gasteiger partial charge in [-0.25, -0.2) is 19.9 Å². The number of aliphatic hydroxyl groups is 2. The van der Waals surface area contributed by atoms with Gasteiger partial charge in [0.05, 0.1) is 17.4 Å². The van der Waals surface area contributed by atoms with Gasteiger partial charge >= 0.3 is 0 Å². The van der Waals surface area contributed by atoms with E-state index in [-0.39, 0.29) is 11.5 Å². The maximum Gasteiger partial charge on any atom is 0.167 e. The molecule has 1 saturated heterocycles. The van der Waals surface area contributed by atoms with Crippen LogP contribution in [-0.2, 0) is 16.6 Å². The number of benzene rings is 1. The summed E-state index contributed by atoms with van der Waals surface area (Å²) >= 11 is 0. The van der Waals surface area contributed by atoms with E-state index in [0.29, 0.717) is 42.0 Å². The maximum absolute atomic E-state index is 11.1. The van der Waals surface area contributed by atoms with Gasteiger partial charge in [-0.2, -0.15) is 0 Å². The molecule has 4 heterocycles. The first kappa shape index (κ1) is 32.8. The molecule has 250 valence electrons. The average molecular weight is 634 g/mol. The Morgan fingerprint density at radius 3 is 2.67 bits per heavy atom. The number of fused-ring (bicyclic) bond motifs is 2. The van der Waals surface area contributed by atoms with Crippen molar-refractivity contribution in [2.45, 2.75) is 115 Å².